The molecule has 0 unspecified atom stereocenters. The lowest BCUT2D eigenvalue weighted by atomic mass is 10.1. The van der Waals surface area contributed by atoms with Crippen molar-refractivity contribution in [2.24, 2.45) is 17.6 Å². The molecule has 0 radical (unpaired) electrons. The van der Waals surface area contributed by atoms with E-state index in [0.717, 1.165) is 5.56 Å². The molecule has 2 aliphatic rings. The van der Waals surface area contributed by atoms with Crippen molar-refractivity contribution in [2.75, 3.05) is 0 Å². The average molecular weight is 274 g/mol. The van der Waals surface area contributed by atoms with Crippen molar-refractivity contribution in [1.29, 1.82) is 0 Å². The summed E-state index contributed by atoms with van der Waals surface area (Å²) in [5.41, 5.74) is 7.03. The Labute approximate surface area is 118 Å². The highest BCUT2D eigenvalue weighted by Crippen LogP contribution is 2.44. The van der Waals surface area contributed by atoms with Crippen molar-refractivity contribution in [3.63, 3.8) is 0 Å². The van der Waals surface area contributed by atoms with E-state index in [9.17, 15) is 4.79 Å². The first-order chi connectivity index (χ1) is 9.15. The minimum atomic E-state index is 0.0262. The van der Waals surface area contributed by atoms with Crippen LogP contribution in [0.3, 0.4) is 0 Å². The van der Waals surface area contributed by atoms with E-state index in [-0.39, 0.29) is 5.91 Å². The molecule has 2 aliphatic carbocycles. The standard InChI is InChI=1S/C15H18N2OS/c16-14(19)11-5-7-12(8-6-11)15(18)17-13(9-1-2-9)10-3-4-10/h5-10,13H,1-4H2,(H2,16,19)(H,17,18). The predicted octanol–water partition coefficient (Wildman–Crippen LogP) is 2.24. The average Bonchev–Trinajstić information content (AvgIpc) is 3.29. The molecule has 0 heterocycles. The number of amides is 1. The lowest BCUT2D eigenvalue weighted by molar-refractivity contribution is 0.0926. The summed E-state index contributed by atoms with van der Waals surface area (Å²) in [6, 6.07) is 7.59. The maximum Gasteiger partial charge on any atom is 0.251 e. The minimum Gasteiger partial charge on any atom is -0.389 e. The van der Waals surface area contributed by atoms with Gasteiger partial charge in [-0.15, -0.1) is 0 Å². The molecule has 19 heavy (non-hydrogen) atoms. The summed E-state index contributed by atoms with van der Waals surface area (Å²) >= 11 is 4.90. The number of rotatable bonds is 5. The van der Waals surface area contributed by atoms with Crippen molar-refractivity contribution >= 4 is 23.1 Å². The third kappa shape index (κ3) is 2.95. The van der Waals surface area contributed by atoms with Crippen molar-refractivity contribution in [3.8, 4) is 0 Å². The Bertz CT molecular complexity index is 491. The molecule has 1 aromatic carbocycles. The molecule has 0 aromatic heterocycles. The van der Waals surface area contributed by atoms with Crippen LogP contribution >= 0.6 is 12.2 Å². The molecular formula is C15H18N2OS. The summed E-state index contributed by atoms with van der Waals surface area (Å²) in [4.78, 5) is 12.6. The van der Waals surface area contributed by atoms with Gasteiger partial charge >= 0.3 is 0 Å². The fraction of sp³-hybridized carbons (Fsp3) is 0.467. The molecule has 3 rings (SSSR count). The normalized spacial score (nSPS) is 18.4. The summed E-state index contributed by atoms with van der Waals surface area (Å²) < 4.78 is 0. The molecule has 100 valence electrons. The first-order valence-corrected chi connectivity index (χ1v) is 7.26. The zero-order valence-electron chi connectivity index (χ0n) is 10.8. The fourth-order valence-electron chi connectivity index (χ4n) is 2.55. The smallest absolute Gasteiger partial charge is 0.251 e. The first-order valence-electron chi connectivity index (χ1n) is 6.86. The largest absolute Gasteiger partial charge is 0.389 e. The Morgan fingerprint density at radius 2 is 1.58 bits per heavy atom. The molecule has 2 saturated carbocycles. The maximum atomic E-state index is 12.2. The second-order valence-electron chi connectivity index (χ2n) is 5.62. The molecular weight excluding hydrogens is 256 g/mol. The first kappa shape index (κ1) is 12.6. The zero-order valence-corrected chi connectivity index (χ0v) is 11.6. The lowest BCUT2D eigenvalue weighted by Gasteiger charge is -2.17. The number of nitrogens with one attached hydrogen (secondary N) is 1. The van der Waals surface area contributed by atoms with Gasteiger partial charge in [-0.1, -0.05) is 24.4 Å². The molecule has 3 nitrogen and oxygen atoms in total. The van der Waals surface area contributed by atoms with Gasteiger partial charge in [0.15, 0.2) is 0 Å². The fourth-order valence-corrected chi connectivity index (χ4v) is 2.69. The Balaban J connectivity index is 1.67. The third-order valence-corrected chi connectivity index (χ3v) is 4.22. The van der Waals surface area contributed by atoms with Crippen molar-refractivity contribution < 1.29 is 4.79 Å². The number of hydrogen-bond acceptors (Lipinski definition) is 2. The number of carbonyl (C=O) groups excluding carboxylic acids is 1. The highest BCUT2D eigenvalue weighted by molar-refractivity contribution is 7.80. The molecule has 0 saturated heterocycles. The summed E-state index contributed by atoms with van der Waals surface area (Å²) in [6.07, 6.45) is 5.06. The van der Waals surface area contributed by atoms with E-state index in [2.05, 4.69) is 5.32 Å². The van der Waals surface area contributed by atoms with E-state index in [0.29, 0.717) is 28.4 Å². The molecule has 0 bridgehead atoms. The van der Waals surface area contributed by atoms with Crippen molar-refractivity contribution in [3.05, 3.63) is 35.4 Å². The van der Waals surface area contributed by atoms with E-state index in [1.54, 1.807) is 24.3 Å². The lowest BCUT2D eigenvalue weighted by Crippen LogP contribution is -2.38. The van der Waals surface area contributed by atoms with E-state index >= 15 is 0 Å². The number of benzene rings is 1. The summed E-state index contributed by atoms with van der Waals surface area (Å²) in [6.45, 7) is 0. The molecule has 4 heteroatoms. The van der Waals surface area contributed by atoms with Crippen LogP contribution in [-0.2, 0) is 0 Å². The minimum absolute atomic E-state index is 0.0262. The van der Waals surface area contributed by atoms with E-state index < -0.39 is 0 Å². The Morgan fingerprint density at radius 3 is 2.00 bits per heavy atom. The highest BCUT2D eigenvalue weighted by Gasteiger charge is 2.42. The van der Waals surface area contributed by atoms with Crippen LogP contribution in [0.15, 0.2) is 24.3 Å². The molecule has 2 fully saturated rings. The van der Waals surface area contributed by atoms with Gasteiger partial charge in [0, 0.05) is 17.2 Å². The van der Waals surface area contributed by atoms with Gasteiger partial charge in [0.25, 0.3) is 5.91 Å². The van der Waals surface area contributed by atoms with Crippen LogP contribution in [0.5, 0.6) is 0 Å². The van der Waals surface area contributed by atoms with Crippen LogP contribution in [0, 0.1) is 11.8 Å². The van der Waals surface area contributed by atoms with Crippen LogP contribution in [0.4, 0.5) is 0 Å². The zero-order chi connectivity index (χ0) is 13.4. The molecule has 0 spiro atoms. The number of hydrogen-bond donors (Lipinski definition) is 2. The molecule has 0 atom stereocenters. The SMILES string of the molecule is NC(=S)c1ccc(C(=O)NC(C2CC2)C2CC2)cc1. The van der Waals surface area contributed by atoms with Crippen LogP contribution in [0.2, 0.25) is 0 Å². The number of carbonyl (C=O) groups is 1. The molecule has 1 aromatic rings. The van der Waals surface area contributed by atoms with Gasteiger partial charge in [0.2, 0.25) is 0 Å². The Morgan fingerprint density at radius 1 is 1.11 bits per heavy atom. The monoisotopic (exact) mass is 274 g/mol. The van der Waals surface area contributed by atoms with Gasteiger partial charge in [-0.3, -0.25) is 4.79 Å². The second-order valence-corrected chi connectivity index (χ2v) is 6.06. The Hall–Kier alpha value is -1.42. The van der Waals surface area contributed by atoms with E-state index in [1.165, 1.54) is 25.7 Å². The second kappa shape index (κ2) is 4.93. The van der Waals surface area contributed by atoms with Gasteiger partial charge in [-0.2, -0.15) is 0 Å². The highest BCUT2D eigenvalue weighted by atomic mass is 32.1. The van der Waals surface area contributed by atoms with Crippen molar-refractivity contribution in [1.82, 2.24) is 5.32 Å². The third-order valence-electron chi connectivity index (χ3n) is 3.99. The van der Waals surface area contributed by atoms with Gasteiger partial charge in [-0.05, 0) is 49.7 Å². The number of nitrogens with two attached hydrogens (primary N) is 1. The van der Waals surface area contributed by atoms with Gasteiger partial charge in [0.05, 0.1) is 0 Å². The molecule has 1 amide bonds. The molecule has 3 N–H and O–H groups in total. The van der Waals surface area contributed by atoms with Crippen LogP contribution in [0.1, 0.15) is 41.6 Å². The van der Waals surface area contributed by atoms with Crippen LogP contribution in [-0.4, -0.2) is 16.9 Å². The Kier molecular flexibility index (Phi) is 3.27. The van der Waals surface area contributed by atoms with Gasteiger partial charge in [-0.25, -0.2) is 0 Å². The van der Waals surface area contributed by atoms with E-state index in [4.69, 9.17) is 18.0 Å². The van der Waals surface area contributed by atoms with Gasteiger partial charge < -0.3 is 11.1 Å². The summed E-state index contributed by atoms with van der Waals surface area (Å²) in [7, 11) is 0. The molecule has 0 aliphatic heterocycles. The van der Waals surface area contributed by atoms with Crippen LogP contribution < -0.4 is 11.1 Å². The summed E-state index contributed by atoms with van der Waals surface area (Å²) in [5.74, 6) is 1.46. The maximum absolute atomic E-state index is 12.2. The van der Waals surface area contributed by atoms with Crippen LogP contribution in [0.25, 0.3) is 0 Å². The summed E-state index contributed by atoms with van der Waals surface area (Å²) in [5, 5.41) is 3.20. The predicted molar refractivity (Wildman–Crippen MR) is 79.0 cm³/mol. The topological polar surface area (TPSA) is 55.1 Å². The quantitative estimate of drug-likeness (QED) is 0.810. The van der Waals surface area contributed by atoms with Gasteiger partial charge in [0.1, 0.15) is 4.99 Å². The number of thiocarbonyl (C=S) groups is 1. The van der Waals surface area contributed by atoms with Crippen molar-refractivity contribution in [2.45, 2.75) is 31.7 Å². The van der Waals surface area contributed by atoms with E-state index in [1.807, 2.05) is 0 Å².